The standard InChI is InChI=1S/C19H28N2O4/c1-24-16-5-6-17(18(9-16)25-2)19(23)21-11-14(15(12-21)13-22)10-20-7-3-4-8-20/h5-6,9,14-15,22H,3-4,7-8,10-13H2,1-2H3/t14-,15-/m1/s1. The lowest BCUT2D eigenvalue weighted by Gasteiger charge is -2.23. The van der Waals surface area contributed by atoms with Gasteiger partial charge in [0.05, 0.1) is 19.8 Å². The number of nitrogens with zero attached hydrogens (tertiary/aromatic N) is 2. The average molecular weight is 348 g/mol. The van der Waals surface area contributed by atoms with Crippen LogP contribution in [0.15, 0.2) is 18.2 Å². The molecule has 1 amide bonds. The normalized spacial score (nSPS) is 23.9. The SMILES string of the molecule is COc1ccc(C(=O)N2C[C@@H](CN3CCCC3)[C@@H](CO)C2)c(OC)c1. The summed E-state index contributed by atoms with van der Waals surface area (Å²) in [4.78, 5) is 17.3. The summed E-state index contributed by atoms with van der Waals surface area (Å²) in [5, 5.41) is 9.75. The molecule has 0 aromatic heterocycles. The van der Waals surface area contributed by atoms with Crippen LogP contribution < -0.4 is 9.47 Å². The second-order valence-electron chi connectivity index (χ2n) is 6.99. The van der Waals surface area contributed by atoms with Gasteiger partial charge >= 0.3 is 0 Å². The predicted molar refractivity (Wildman–Crippen MR) is 95.2 cm³/mol. The van der Waals surface area contributed by atoms with Gasteiger partial charge in [0.1, 0.15) is 11.5 Å². The van der Waals surface area contributed by atoms with Crippen LogP contribution in [0.5, 0.6) is 11.5 Å². The molecule has 6 heteroatoms. The second kappa shape index (κ2) is 8.06. The molecular formula is C19H28N2O4. The quantitative estimate of drug-likeness (QED) is 0.844. The number of likely N-dealkylation sites (tertiary alicyclic amines) is 2. The summed E-state index contributed by atoms with van der Waals surface area (Å²) in [6.07, 6.45) is 2.50. The van der Waals surface area contributed by atoms with Gasteiger partial charge in [0.2, 0.25) is 0 Å². The minimum Gasteiger partial charge on any atom is -0.497 e. The number of benzene rings is 1. The zero-order valence-electron chi connectivity index (χ0n) is 15.1. The zero-order chi connectivity index (χ0) is 17.8. The molecule has 6 nitrogen and oxygen atoms in total. The van der Waals surface area contributed by atoms with Crippen molar-refractivity contribution >= 4 is 5.91 Å². The summed E-state index contributed by atoms with van der Waals surface area (Å²) in [7, 11) is 3.15. The maximum absolute atomic E-state index is 13.0. The molecule has 0 unspecified atom stereocenters. The average Bonchev–Trinajstić information content (AvgIpc) is 3.30. The molecule has 0 radical (unpaired) electrons. The van der Waals surface area contributed by atoms with Gasteiger partial charge in [0.15, 0.2) is 0 Å². The highest BCUT2D eigenvalue weighted by molar-refractivity contribution is 5.97. The summed E-state index contributed by atoms with van der Waals surface area (Å²) in [6.45, 7) is 4.65. The Hall–Kier alpha value is -1.79. The minimum atomic E-state index is -0.0399. The number of aliphatic hydroxyl groups is 1. The fraction of sp³-hybridized carbons (Fsp3) is 0.632. The largest absolute Gasteiger partial charge is 0.497 e. The van der Waals surface area contributed by atoms with E-state index in [0.717, 1.165) is 19.6 Å². The van der Waals surface area contributed by atoms with E-state index in [-0.39, 0.29) is 18.4 Å². The van der Waals surface area contributed by atoms with Crippen molar-refractivity contribution in [3.8, 4) is 11.5 Å². The van der Waals surface area contributed by atoms with E-state index in [1.54, 1.807) is 32.4 Å². The van der Waals surface area contributed by atoms with Crippen molar-refractivity contribution in [2.75, 3.05) is 53.6 Å². The Kier molecular flexibility index (Phi) is 5.81. The molecule has 2 aliphatic rings. The number of rotatable bonds is 6. The van der Waals surface area contributed by atoms with E-state index < -0.39 is 0 Å². The van der Waals surface area contributed by atoms with Crippen LogP contribution in [0.4, 0.5) is 0 Å². The van der Waals surface area contributed by atoms with Gasteiger partial charge in [-0.25, -0.2) is 0 Å². The molecular weight excluding hydrogens is 320 g/mol. The zero-order valence-corrected chi connectivity index (χ0v) is 15.1. The van der Waals surface area contributed by atoms with E-state index in [9.17, 15) is 9.90 Å². The molecule has 0 saturated carbocycles. The van der Waals surface area contributed by atoms with E-state index in [1.807, 2.05) is 4.90 Å². The van der Waals surface area contributed by atoms with Gasteiger partial charge in [-0.2, -0.15) is 0 Å². The van der Waals surface area contributed by atoms with Crippen LogP contribution in [-0.2, 0) is 0 Å². The Morgan fingerprint density at radius 2 is 1.88 bits per heavy atom. The van der Waals surface area contributed by atoms with Crippen LogP contribution in [0.25, 0.3) is 0 Å². The first-order valence-corrected chi connectivity index (χ1v) is 9.00. The third-order valence-electron chi connectivity index (χ3n) is 5.43. The van der Waals surface area contributed by atoms with Crippen LogP contribution in [0.2, 0.25) is 0 Å². The number of hydrogen-bond donors (Lipinski definition) is 1. The molecule has 1 N–H and O–H groups in total. The van der Waals surface area contributed by atoms with E-state index in [2.05, 4.69) is 4.90 Å². The molecule has 25 heavy (non-hydrogen) atoms. The number of carbonyl (C=O) groups is 1. The van der Waals surface area contributed by atoms with Crippen molar-refractivity contribution in [1.82, 2.24) is 9.80 Å². The van der Waals surface area contributed by atoms with Crippen molar-refractivity contribution in [3.05, 3.63) is 23.8 Å². The summed E-state index contributed by atoms with van der Waals surface area (Å²) in [6, 6.07) is 5.26. The number of hydrogen-bond acceptors (Lipinski definition) is 5. The molecule has 1 aromatic carbocycles. The molecule has 2 fully saturated rings. The van der Waals surface area contributed by atoms with E-state index in [1.165, 1.54) is 12.8 Å². The Bertz CT molecular complexity index is 601. The number of carbonyl (C=O) groups excluding carboxylic acids is 1. The fourth-order valence-corrected chi connectivity index (χ4v) is 3.96. The molecule has 3 rings (SSSR count). The monoisotopic (exact) mass is 348 g/mol. The first-order valence-electron chi connectivity index (χ1n) is 9.00. The number of aliphatic hydroxyl groups excluding tert-OH is 1. The lowest BCUT2D eigenvalue weighted by molar-refractivity contribution is 0.0776. The van der Waals surface area contributed by atoms with E-state index >= 15 is 0 Å². The van der Waals surface area contributed by atoms with Crippen molar-refractivity contribution in [2.24, 2.45) is 11.8 Å². The Balaban J connectivity index is 1.72. The van der Waals surface area contributed by atoms with E-state index in [4.69, 9.17) is 9.47 Å². The topological polar surface area (TPSA) is 62.2 Å². The van der Waals surface area contributed by atoms with Crippen molar-refractivity contribution in [3.63, 3.8) is 0 Å². The van der Waals surface area contributed by atoms with Crippen molar-refractivity contribution < 1.29 is 19.4 Å². The van der Waals surface area contributed by atoms with Crippen LogP contribution >= 0.6 is 0 Å². The molecule has 2 atom stereocenters. The van der Waals surface area contributed by atoms with Gasteiger partial charge in [-0.05, 0) is 44.0 Å². The van der Waals surface area contributed by atoms with Gasteiger partial charge in [-0.3, -0.25) is 4.79 Å². The van der Waals surface area contributed by atoms with Crippen LogP contribution in [0.1, 0.15) is 23.2 Å². The molecule has 2 aliphatic heterocycles. The van der Waals surface area contributed by atoms with E-state index in [0.29, 0.717) is 36.1 Å². The molecule has 0 aliphatic carbocycles. The summed E-state index contributed by atoms with van der Waals surface area (Å²) < 4.78 is 10.6. The van der Waals surface area contributed by atoms with Crippen molar-refractivity contribution in [2.45, 2.75) is 12.8 Å². The maximum atomic E-state index is 13.0. The van der Waals surface area contributed by atoms with Crippen LogP contribution in [0.3, 0.4) is 0 Å². The van der Waals surface area contributed by atoms with Gasteiger partial charge < -0.3 is 24.4 Å². The summed E-state index contributed by atoms with van der Waals surface area (Å²) in [5.41, 5.74) is 0.543. The second-order valence-corrected chi connectivity index (χ2v) is 6.99. The highest BCUT2D eigenvalue weighted by Gasteiger charge is 2.37. The molecule has 0 bridgehead atoms. The number of methoxy groups -OCH3 is 2. The van der Waals surface area contributed by atoms with Crippen LogP contribution in [-0.4, -0.2) is 74.4 Å². The Morgan fingerprint density at radius 3 is 2.52 bits per heavy atom. The van der Waals surface area contributed by atoms with Gasteiger partial charge in [0.25, 0.3) is 5.91 Å². The summed E-state index contributed by atoms with van der Waals surface area (Å²) >= 11 is 0. The highest BCUT2D eigenvalue weighted by atomic mass is 16.5. The number of amides is 1. The Labute approximate surface area is 149 Å². The van der Waals surface area contributed by atoms with Gasteiger partial charge in [-0.1, -0.05) is 0 Å². The first-order chi connectivity index (χ1) is 12.2. The summed E-state index contributed by atoms with van der Waals surface area (Å²) in [5.74, 6) is 1.62. The van der Waals surface area contributed by atoms with Crippen LogP contribution in [0, 0.1) is 11.8 Å². The predicted octanol–water partition coefficient (Wildman–Crippen LogP) is 1.48. The smallest absolute Gasteiger partial charge is 0.257 e. The van der Waals surface area contributed by atoms with Crippen molar-refractivity contribution in [1.29, 1.82) is 0 Å². The lowest BCUT2D eigenvalue weighted by Crippen LogP contribution is -2.32. The number of ether oxygens (including phenoxy) is 2. The lowest BCUT2D eigenvalue weighted by atomic mass is 9.96. The fourth-order valence-electron chi connectivity index (χ4n) is 3.96. The first kappa shape index (κ1) is 18.0. The molecule has 2 saturated heterocycles. The highest BCUT2D eigenvalue weighted by Crippen LogP contribution is 2.30. The third kappa shape index (κ3) is 3.90. The molecule has 138 valence electrons. The molecule has 0 spiro atoms. The minimum absolute atomic E-state index is 0.0399. The van der Waals surface area contributed by atoms with Gasteiger partial charge in [0, 0.05) is 38.2 Å². The third-order valence-corrected chi connectivity index (χ3v) is 5.43. The molecule has 2 heterocycles. The maximum Gasteiger partial charge on any atom is 0.257 e. The Morgan fingerprint density at radius 1 is 1.16 bits per heavy atom. The van der Waals surface area contributed by atoms with Gasteiger partial charge in [-0.15, -0.1) is 0 Å². The molecule has 1 aromatic rings.